The van der Waals surface area contributed by atoms with E-state index < -0.39 is 33.7 Å². The summed E-state index contributed by atoms with van der Waals surface area (Å²) >= 11 is 0. The first kappa shape index (κ1) is 14.0. The number of nitrogens with zero attached hydrogens (tertiary/aromatic N) is 3. The fourth-order valence-corrected chi connectivity index (χ4v) is 3.59. The maximum absolute atomic E-state index is 13.6. The van der Waals surface area contributed by atoms with Crippen LogP contribution < -0.4 is 4.74 Å². The highest BCUT2D eigenvalue weighted by atomic mass is 19.1. The number of halogens is 1. The second-order valence-electron chi connectivity index (χ2n) is 5.47. The number of ether oxygens (including phenoxy) is 1. The van der Waals surface area contributed by atoms with Crippen LogP contribution in [0.2, 0.25) is 0 Å². The molecule has 0 radical (unpaired) electrons. The van der Waals surface area contributed by atoms with Gasteiger partial charge in [-0.3, -0.25) is 10.1 Å². The van der Waals surface area contributed by atoms with Crippen molar-refractivity contribution in [2.45, 2.75) is 18.1 Å². The van der Waals surface area contributed by atoms with Crippen LogP contribution in [0.5, 0.6) is 5.75 Å². The first-order chi connectivity index (χ1) is 10.4. The minimum absolute atomic E-state index is 0.0783. The van der Waals surface area contributed by atoms with Crippen molar-refractivity contribution in [3.8, 4) is 17.9 Å². The van der Waals surface area contributed by atoms with E-state index >= 15 is 0 Å². The van der Waals surface area contributed by atoms with Crippen LogP contribution in [0.4, 0.5) is 4.39 Å². The van der Waals surface area contributed by atoms with Crippen molar-refractivity contribution in [1.29, 1.82) is 10.5 Å². The number of hydrogen-bond donors (Lipinski definition) is 0. The highest BCUT2D eigenvalue weighted by molar-refractivity contribution is 5.50. The lowest BCUT2D eigenvalue weighted by Gasteiger charge is -2.24. The topological polar surface area (TPSA) is 100.0 Å². The van der Waals surface area contributed by atoms with Gasteiger partial charge in [-0.25, -0.2) is 4.39 Å². The lowest BCUT2D eigenvalue weighted by molar-refractivity contribution is -0.622. The summed E-state index contributed by atoms with van der Waals surface area (Å²) in [5.74, 6) is -2.47. The molecule has 1 saturated carbocycles. The van der Waals surface area contributed by atoms with Crippen LogP contribution >= 0.6 is 0 Å². The summed E-state index contributed by atoms with van der Waals surface area (Å²) in [6, 6.07) is 7.28. The molecule has 22 heavy (non-hydrogen) atoms. The molecule has 1 aromatic rings. The van der Waals surface area contributed by atoms with Gasteiger partial charge < -0.3 is 4.74 Å². The monoisotopic (exact) mass is 299 g/mol. The number of fused-ring (bicyclic) bond motifs is 3. The quantitative estimate of drug-likeness (QED) is 0.474. The van der Waals surface area contributed by atoms with Gasteiger partial charge in [0.25, 0.3) is 0 Å². The van der Waals surface area contributed by atoms with Crippen LogP contribution in [0.3, 0.4) is 0 Å². The molecule has 1 heterocycles. The molecular formula is C15H10FN3O3. The van der Waals surface area contributed by atoms with E-state index in [1.165, 1.54) is 12.1 Å². The molecule has 0 bridgehead atoms. The molecule has 0 aromatic heterocycles. The van der Waals surface area contributed by atoms with Gasteiger partial charge in [0.05, 0.1) is 23.0 Å². The van der Waals surface area contributed by atoms with Crippen molar-refractivity contribution in [2.75, 3.05) is 0 Å². The van der Waals surface area contributed by atoms with E-state index in [0.29, 0.717) is 0 Å². The van der Waals surface area contributed by atoms with Crippen molar-refractivity contribution in [1.82, 2.24) is 0 Å². The summed E-state index contributed by atoms with van der Waals surface area (Å²) in [6.45, 7) is 3.57. The molecule has 1 aliphatic carbocycles. The molecule has 1 aliphatic heterocycles. The molecule has 7 heteroatoms. The van der Waals surface area contributed by atoms with E-state index in [1.54, 1.807) is 0 Å². The molecule has 2 aliphatic rings. The van der Waals surface area contributed by atoms with Crippen molar-refractivity contribution in [3.63, 3.8) is 0 Å². The lowest BCUT2D eigenvalue weighted by Crippen LogP contribution is -2.49. The van der Waals surface area contributed by atoms with Crippen molar-refractivity contribution < 1.29 is 14.1 Å². The zero-order valence-corrected chi connectivity index (χ0v) is 11.3. The van der Waals surface area contributed by atoms with Crippen molar-refractivity contribution in [2.24, 2.45) is 11.3 Å². The van der Waals surface area contributed by atoms with Gasteiger partial charge in [0.1, 0.15) is 17.5 Å². The number of benzene rings is 1. The van der Waals surface area contributed by atoms with Gasteiger partial charge in [-0.15, -0.1) is 6.58 Å². The predicted molar refractivity (Wildman–Crippen MR) is 71.5 cm³/mol. The van der Waals surface area contributed by atoms with Crippen LogP contribution in [-0.2, 0) is 0 Å². The summed E-state index contributed by atoms with van der Waals surface area (Å²) < 4.78 is 19.1. The van der Waals surface area contributed by atoms with Gasteiger partial charge in [0.2, 0.25) is 0 Å². The zero-order valence-electron chi connectivity index (χ0n) is 11.3. The van der Waals surface area contributed by atoms with E-state index in [2.05, 4.69) is 6.58 Å². The number of nitriles is 2. The minimum Gasteiger partial charge on any atom is -0.426 e. The van der Waals surface area contributed by atoms with Crippen LogP contribution in [0.25, 0.3) is 0 Å². The molecule has 110 valence electrons. The summed E-state index contributed by atoms with van der Waals surface area (Å²) in [7, 11) is 0. The van der Waals surface area contributed by atoms with Crippen molar-refractivity contribution in [3.05, 3.63) is 52.3 Å². The van der Waals surface area contributed by atoms with E-state index in [0.717, 1.165) is 12.1 Å². The Labute approximate surface area is 125 Å². The summed E-state index contributed by atoms with van der Waals surface area (Å²) in [4.78, 5) is 11.1. The second kappa shape index (κ2) is 4.28. The van der Waals surface area contributed by atoms with Gasteiger partial charge in [0.15, 0.2) is 5.41 Å². The third-order valence-corrected chi connectivity index (χ3v) is 4.50. The SMILES string of the molecule is C=CC1CC(C#N)(C#N)[C@H]2c3cc(F)ccc3O[C@@]12[N+](=O)[O-]. The fraction of sp³-hybridized carbons (Fsp3) is 0.333. The first-order valence-corrected chi connectivity index (χ1v) is 6.53. The van der Waals surface area contributed by atoms with E-state index in [-0.39, 0.29) is 17.7 Å². The molecule has 0 N–H and O–H groups in total. The molecule has 6 nitrogen and oxygen atoms in total. The number of hydrogen-bond acceptors (Lipinski definition) is 5. The van der Waals surface area contributed by atoms with Crippen LogP contribution in [-0.4, -0.2) is 10.6 Å². The Bertz CT molecular complexity index is 765. The Hall–Kier alpha value is -2.93. The molecule has 0 amide bonds. The van der Waals surface area contributed by atoms with Gasteiger partial charge in [-0.2, -0.15) is 10.5 Å². The molecule has 0 spiro atoms. The minimum atomic E-state index is -2.00. The molecule has 1 aromatic carbocycles. The van der Waals surface area contributed by atoms with Gasteiger partial charge in [0, 0.05) is 5.56 Å². The lowest BCUT2D eigenvalue weighted by atomic mass is 9.75. The van der Waals surface area contributed by atoms with Gasteiger partial charge in [-0.05, 0) is 24.6 Å². The average molecular weight is 299 g/mol. The van der Waals surface area contributed by atoms with Crippen LogP contribution in [0.15, 0.2) is 30.9 Å². The molecule has 3 atom stereocenters. The Morgan fingerprint density at radius 2 is 2.18 bits per heavy atom. The molecule has 1 fully saturated rings. The number of rotatable bonds is 2. The van der Waals surface area contributed by atoms with Gasteiger partial charge in [-0.1, -0.05) is 6.08 Å². The van der Waals surface area contributed by atoms with E-state index in [4.69, 9.17) is 4.74 Å². The maximum atomic E-state index is 13.6. The molecule has 0 saturated heterocycles. The highest BCUT2D eigenvalue weighted by Crippen LogP contribution is 2.64. The Kier molecular flexibility index (Phi) is 2.73. The summed E-state index contributed by atoms with van der Waals surface area (Å²) in [6.07, 6.45) is 1.25. The molecular weight excluding hydrogens is 289 g/mol. The average Bonchev–Trinajstić information content (AvgIpc) is 2.99. The van der Waals surface area contributed by atoms with Crippen LogP contribution in [0.1, 0.15) is 17.9 Å². The van der Waals surface area contributed by atoms with E-state index in [9.17, 15) is 25.0 Å². The smallest absolute Gasteiger partial charge is 0.378 e. The zero-order chi connectivity index (χ0) is 16.1. The molecule has 3 rings (SSSR count). The maximum Gasteiger partial charge on any atom is 0.378 e. The van der Waals surface area contributed by atoms with Crippen molar-refractivity contribution >= 4 is 0 Å². The largest absolute Gasteiger partial charge is 0.426 e. The summed E-state index contributed by atoms with van der Waals surface area (Å²) in [5.41, 5.74) is -3.47. The summed E-state index contributed by atoms with van der Waals surface area (Å²) in [5, 5.41) is 30.7. The predicted octanol–water partition coefficient (Wildman–Crippen LogP) is 2.51. The standard InChI is InChI=1S/C15H10FN3O3/c1-2-9-6-14(7-17,8-18)13-11-5-10(16)3-4-12(11)22-15(9,13)19(20)21/h2-5,9,13H,1,6H2/t9?,13-,15+/m1/s1. The van der Waals surface area contributed by atoms with Crippen LogP contribution in [0, 0.1) is 49.9 Å². The Balaban J connectivity index is 2.34. The third kappa shape index (κ3) is 1.40. The van der Waals surface area contributed by atoms with E-state index in [1.807, 2.05) is 12.1 Å². The molecule has 1 unspecified atom stereocenters. The highest BCUT2D eigenvalue weighted by Gasteiger charge is 2.76. The Morgan fingerprint density at radius 1 is 1.50 bits per heavy atom. The fourth-order valence-electron chi connectivity index (χ4n) is 3.59. The van der Waals surface area contributed by atoms with Gasteiger partial charge >= 0.3 is 5.72 Å². The normalized spacial score (nSPS) is 30.3. The number of nitro groups is 1. The second-order valence-corrected chi connectivity index (χ2v) is 5.47. The first-order valence-electron chi connectivity index (χ1n) is 6.53. The Morgan fingerprint density at radius 3 is 2.73 bits per heavy atom. The third-order valence-electron chi connectivity index (χ3n) is 4.50.